The van der Waals surface area contributed by atoms with Crippen LogP contribution in [0, 0.1) is 6.92 Å². The number of carbonyl (C=O) groups excluding carboxylic acids is 1. The third-order valence-electron chi connectivity index (χ3n) is 3.11. The van der Waals surface area contributed by atoms with E-state index in [1.165, 1.54) is 0 Å². The number of benzene rings is 2. The second kappa shape index (κ2) is 6.55. The Morgan fingerprint density at radius 3 is 2.55 bits per heavy atom. The number of carbonyl (C=O) groups is 1. The highest BCUT2D eigenvalue weighted by molar-refractivity contribution is 6.31. The lowest BCUT2D eigenvalue weighted by Gasteiger charge is -2.14. The number of hydrogen-bond donors (Lipinski definition) is 2. The van der Waals surface area contributed by atoms with Gasteiger partial charge in [-0.05, 0) is 24.6 Å². The Kier molecular flexibility index (Phi) is 4.77. The molecule has 0 heterocycles. The summed E-state index contributed by atoms with van der Waals surface area (Å²) in [7, 11) is 0. The van der Waals surface area contributed by atoms with Gasteiger partial charge < -0.3 is 10.4 Å². The minimum Gasteiger partial charge on any atom is -0.387 e. The zero-order valence-electron chi connectivity index (χ0n) is 11.1. The number of aliphatic hydroxyl groups excluding tert-OH is 1. The molecular formula is C16H16ClNO2. The van der Waals surface area contributed by atoms with Crippen LogP contribution in [-0.2, 0) is 0 Å². The standard InChI is InChI=1S/C16H16ClNO2/c1-11-6-2-3-7-12(11)16(20)18-10-15(19)13-8-4-5-9-14(13)17/h2-9,15,19H,10H2,1H3,(H,18,20). The van der Waals surface area contributed by atoms with Crippen LogP contribution in [0.25, 0.3) is 0 Å². The molecule has 20 heavy (non-hydrogen) atoms. The average molecular weight is 290 g/mol. The van der Waals surface area contributed by atoms with Crippen molar-refractivity contribution in [2.75, 3.05) is 6.54 Å². The monoisotopic (exact) mass is 289 g/mol. The van der Waals surface area contributed by atoms with Crippen LogP contribution in [0.4, 0.5) is 0 Å². The van der Waals surface area contributed by atoms with Crippen molar-refractivity contribution in [3.63, 3.8) is 0 Å². The summed E-state index contributed by atoms with van der Waals surface area (Å²) in [5, 5.41) is 13.3. The van der Waals surface area contributed by atoms with E-state index < -0.39 is 6.10 Å². The zero-order chi connectivity index (χ0) is 14.5. The maximum Gasteiger partial charge on any atom is 0.251 e. The van der Waals surface area contributed by atoms with Crippen molar-refractivity contribution < 1.29 is 9.90 Å². The molecule has 0 spiro atoms. The second-order valence-electron chi connectivity index (χ2n) is 4.56. The molecule has 0 aliphatic rings. The van der Waals surface area contributed by atoms with Crippen molar-refractivity contribution in [1.82, 2.24) is 5.32 Å². The van der Waals surface area contributed by atoms with E-state index in [0.29, 0.717) is 16.1 Å². The number of nitrogens with one attached hydrogen (secondary N) is 1. The second-order valence-corrected chi connectivity index (χ2v) is 4.97. The van der Waals surface area contributed by atoms with Crippen LogP contribution in [0.5, 0.6) is 0 Å². The Balaban J connectivity index is 2.01. The third-order valence-corrected chi connectivity index (χ3v) is 3.45. The summed E-state index contributed by atoms with van der Waals surface area (Å²) in [4.78, 5) is 12.0. The molecule has 2 aromatic rings. The Hall–Kier alpha value is -1.84. The average Bonchev–Trinajstić information content (AvgIpc) is 2.45. The van der Waals surface area contributed by atoms with Gasteiger partial charge in [0.2, 0.25) is 0 Å². The molecule has 1 atom stereocenters. The van der Waals surface area contributed by atoms with Crippen molar-refractivity contribution in [3.8, 4) is 0 Å². The van der Waals surface area contributed by atoms with Gasteiger partial charge in [0, 0.05) is 22.7 Å². The Morgan fingerprint density at radius 2 is 1.85 bits per heavy atom. The molecular weight excluding hydrogens is 274 g/mol. The fourth-order valence-electron chi connectivity index (χ4n) is 1.97. The van der Waals surface area contributed by atoms with Crippen LogP contribution in [0.1, 0.15) is 27.6 Å². The molecule has 0 radical (unpaired) electrons. The van der Waals surface area contributed by atoms with Gasteiger partial charge >= 0.3 is 0 Å². The molecule has 0 aromatic heterocycles. The van der Waals surface area contributed by atoms with Gasteiger partial charge in [0.05, 0.1) is 6.10 Å². The highest BCUT2D eigenvalue weighted by Crippen LogP contribution is 2.21. The van der Waals surface area contributed by atoms with E-state index in [9.17, 15) is 9.90 Å². The summed E-state index contributed by atoms with van der Waals surface area (Å²) in [5.41, 5.74) is 2.12. The lowest BCUT2D eigenvalue weighted by molar-refractivity contribution is 0.0915. The van der Waals surface area contributed by atoms with Gasteiger partial charge in [0.25, 0.3) is 5.91 Å². The molecule has 2 N–H and O–H groups in total. The summed E-state index contributed by atoms with van der Waals surface area (Å²) in [6, 6.07) is 14.4. The Bertz CT molecular complexity index is 613. The van der Waals surface area contributed by atoms with Crippen LogP contribution < -0.4 is 5.32 Å². The molecule has 0 saturated heterocycles. The third kappa shape index (κ3) is 3.38. The topological polar surface area (TPSA) is 49.3 Å². The molecule has 2 aromatic carbocycles. The molecule has 1 unspecified atom stereocenters. The SMILES string of the molecule is Cc1ccccc1C(=O)NCC(O)c1ccccc1Cl. The summed E-state index contributed by atoms with van der Waals surface area (Å²) in [5.74, 6) is -0.200. The number of hydrogen-bond acceptors (Lipinski definition) is 2. The van der Waals surface area contributed by atoms with Gasteiger partial charge in [-0.3, -0.25) is 4.79 Å². The molecule has 3 nitrogen and oxygen atoms in total. The number of aryl methyl sites for hydroxylation is 1. The minimum absolute atomic E-state index is 0.122. The molecule has 2 rings (SSSR count). The zero-order valence-corrected chi connectivity index (χ0v) is 11.9. The van der Waals surface area contributed by atoms with E-state index in [2.05, 4.69) is 5.32 Å². The minimum atomic E-state index is -0.823. The maximum absolute atomic E-state index is 12.0. The molecule has 1 amide bonds. The molecule has 0 aliphatic carbocycles. The smallest absolute Gasteiger partial charge is 0.251 e. The summed E-state index contributed by atoms with van der Waals surface area (Å²) < 4.78 is 0. The van der Waals surface area contributed by atoms with Crippen molar-refractivity contribution >= 4 is 17.5 Å². The van der Waals surface area contributed by atoms with E-state index in [0.717, 1.165) is 5.56 Å². The Labute approximate surface area is 123 Å². The van der Waals surface area contributed by atoms with Gasteiger partial charge in [0.1, 0.15) is 0 Å². The van der Waals surface area contributed by atoms with Crippen molar-refractivity contribution in [2.24, 2.45) is 0 Å². The van der Waals surface area contributed by atoms with Crippen molar-refractivity contribution in [3.05, 3.63) is 70.2 Å². The lowest BCUT2D eigenvalue weighted by Crippen LogP contribution is -2.29. The first kappa shape index (κ1) is 14.6. The predicted molar refractivity (Wildman–Crippen MR) is 79.9 cm³/mol. The molecule has 0 fully saturated rings. The van der Waals surface area contributed by atoms with E-state index >= 15 is 0 Å². The fraction of sp³-hybridized carbons (Fsp3) is 0.188. The van der Waals surface area contributed by atoms with Crippen molar-refractivity contribution in [2.45, 2.75) is 13.0 Å². The van der Waals surface area contributed by atoms with Crippen LogP contribution >= 0.6 is 11.6 Å². The van der Waals surface area contributed by atoms with E-state index in [-0.39, 0.29) is 12.5 Å². The van der Waals surface area contributed by atoms with Gasteiger partial charge in [0.15, 0.2) is 0 Å². The summed E-state index contributed by atoms with van der Waals surface area (Å²) >= 11 is 6.00. The first-order chi connectivity index (χ1) is 9.59. The van der Waals surface area contributed by atoms with Gasteiger partial charge in [-0.15, -0.1) is 0 Å². The Morgan fingerprint density at radius 1 is 1.20 bits per heavy atom. The van der Waals surface area contributed by atoms with Crippen LogP contribution in [0.15, 0.2) is 48.5 Å². The number of halogens is 1. The highest BCUT2D eigenvalue weighted by atomic mass is 35.5. The van der Waals surface area contributed by atoms with Crippen LogP contribution in [-0.4, -0.2) is 17.6 Å². The fourth-order valence-corrected chi connectivity index (χ4v) is 2.23. The predicted octanol–water partition coefficient (Wildman–Crippen LogP) is 3.11. The number of amides is 1. The molecule has 0 aliphatic heterocycles. The van der Waals surface area contributed by atoms with Gasteiger partial charge in [-0.2, -0.15) is 0 Å². The van der Waals surface area contributed by atoms with Crippen LogP contribution in [0.3, 0.4) is 0 Å². The number of aliphatic hydroxyl groups is 1. The quantitative estimate of drug-likeness (QED) is 0.908. The molecule has 0 bridgehead atoms. The van der Waals surface area contributed by atoms with E-state index in [4.69, 9.17) is 11.6 Å². The first-order valence-corrected chi connectivity index (χ1v) is 6.73. The maximum atomic E-state index is 12.0. The number of rotatable bonds is 4. The molecule has 104 valence electrons. The summed E-state index contributed by atoms with van der Waals surface area (Å²) in [6.07, 6.45) is -0.823. The first-order valence-electron chi connectivity index (χ1n) is 6.36. The summed E-state index contributed by atoms with van der Waals surface area (Å²) in [6.45, 7) is 2.00. The highest BCUT2D eigenvalue weighted by Gasteiger charge is 2.14. The van der Waals surface area contributed by atoms with Crippen molar-refractivity contribution in [1.29, 1.82) is 0 Å². The van der Waals surface area contributed by atoms with Crippen LogP contribution in [0.2, 0.25) is 5.02 Å². The van der Waals surface area contributed by atoms with E-state index in [1.54, 1.807) is 30.3 Å². The van der Waals surface area contributed by atoms with E-state index in [1.807, 2.05) is 25.1 Å². The lowest BCUT2D eigenvalue weighted by atomic mass is 10.1. The van der Waals surface area contributed by atoms with Gasteiger partial charge in [-0.1, -0.05) is 48.0 Å². The normalized spacial score (nSPS) is 11.9. The largest absolute Gasteiger partial charge is 0.387 e. The van der Waals surface area contributed by atoms with Gasteiger partial charge in [-0.25, -0.2) is 0 Å². The molecule has 4 heteroatoms. The molecule has 0 saturated carbocycles.